The van der Waals surface area contributed by atoms with E-state index in [1.165, 1.54) is 16.8 Å². The second-order valence-electron chi connectivity index (χ2n) is 7.21. The van der Waals surface area contributed by atoms with Crippen LogP contribution in [0.4, 0.5) is 4.39 Å². The maximum absolute atomic E-state index is 12.9. The minimum Gasteiger partial charge on any atom is -0.494 e. The SMILES string of the molecule is O=C(NCCCCOc1ccc(F)cc1)c1nn(-c2ccccc2)c(=O)c2ccccc12. The van der Waals surface area contributed by atoms with E-state index in [0.29, 0.717) is 41.8 Å². The van der Waals surface area contributed by atoms with Crippen LogP contribution >= 0.6 is 0 Å². The highest BCUT2D eigenvalue weighted by Crippen LogP contribution is 2.15. The third-order valence-electron chi connectivity index (χ3n) is 4.96. The molecule has 0 saturated heterocycles. The number of benzene rings is 3. The van der Waals surface area contributed by atoms with Gasteiger partial charge in [0.05, 0.1) is 17.7 Å². The van der Waals surface area contributed by atoms with Crippen LogP contribution in [0.3, 0.4) is 0 Å². The third kappa shape index (κ3) is 4.83. The average molecular weight is 431 g/mol. The zero-order chi connectivity index (χ0) is 22.3. The first-order chi connectivity index (χ1) is 15.6. The van der Waals surface area contributed by atoms with Gasteiger partial charge >= 0.3 is 0 Å². The fourth-order valence-electron chi connectivity index (χ4n) is 3.33. The van der Waals surface area contributed by atoms with Crippen LogP contribution in [0.25, 0.3) is 16.5 Å². The van der Waals surface area contributed by atoms with Crippen LogP contribution in [0.2, 0.25) is 0 Å². The Labute approximate surface area is 184 Å². The molecule has 32 heavy (non-hydrogen) atoms. The molecule has 4 rings (SSSR count). The van der Waals surface area contributed by atoms with Crippen molar-refractivity contribution in [1.82, 2.24) is 15.1 Å². The van der Waals surface area contributed by atoms with Gasteiger partial charge < -0.3 is 10.1 Å². The highest BCUT2D eigenvalue weighted by molar-refractivity contribution is 6.04. The maximum atomic E-state index is 12.9. The molecule has 4 aromatic rings. The number of rotatable bonds is 8. The van der Waals surface area contributed by atoms with Gasteiger partial charge in [-0.3, -0.25) is 9.59 Å². The molecule has 1 N–H and O–H groups in total. The number of hydrogen-bond donors (Lipinski definition) is 1. The number of unbranched alkanes of at least 4 members (excludes halogenated alkanes) is 1. The van der Waals surface area contributed by atoms with E-state index in [4.69, 9.17) is 4.74 Å². The summed E-state index contributed by atoms with van der Waals surface area (Å²) < 4.78 is 19.7. The summed E-state index contributed by atoms with van der Waals surface area (Å²) in [4.78, 5) is 25.8. The minimum absolute atomic E-state index is 0.201. The number of ether oxygens (including phenoxy) is 1. The summed E-state index contributed by atoms with van der Waals surface area (Å²) in [6.45, 7) is 0.896. The maximum Gasteiger partial charge on any atom is 0.279 e. The summed E-state index contributed by atoms with van der Waals surface area (Å²) in [5.74, 6) is -0.0422. The molecule has 0 spiro atoms. The fraction of sp³-hybridized carbons (Fsp3) is 0.160. The van der Waals surface area contributed by atoms with Gasteiger partial charge in [-0.25, -0.2) is 4.39 Å². The van der Waals surface area contributed by atoms with Crippen molar-refractivity contribution in [2.45, 2.75) is 12.8 Å². The lowest BCUT2D eigenvalue weighted by Crippen LogP contribution is -2.30. The molecule has 0 bridgehead atoms. The summed E-state index contributed by atoms with van der Waals surface area (Å²) >= 11 is 0. The van der Waals surface area contributed by atoms with E-state index in [1.807, 2.05) is 18.2 Å². The summed E-state index contributed by atoms with van der Waals surface area (Å²) in [6, 6.07) is 21.8. The fourth-order valence-corrected chi connectivity index (χ4v) is 3.33. The van der Waals surface area contributed by atoms with Gasteiger partial charge in [-0.05, 0) is 55.3 Å². The van der Waals surface area contributed by atoms with Gasteiger partial charge in [-0.15, -0.1) is 0 Å². The average Bonchev–Trinajstić information content (AvgIpc) is 2.83. The van der Waals surface area contributed by atoms with Crippen molar-refractivity contribution in [3.05, 3.63) is 101 Å². The zero-order valence-corrected chi connectivity index (χ0v) is 17.3. The van der Waals surface area contributed by atoms with Gasteiger partial charge in [-0.1, -0.05) is 36.4 Å². The Morgan fingerprint density at radius 1 is 0.906 bits per heavy atom. The topological polar surface area (TPSA) is 73.2 Å². The molecule has 6 nitrogen and oxygen atoms in total. The molecular formula is C25H22FN3O3. The first-order valence-electron chi connectivity index (χ1n) is 10.4. The molecular weight excluding hydrogens is 409 g/mol. The second kappa shape index (κ2) is 9.87. The Balaban J connectivity index is 1.42. The Morgan fingerprint density at radius 2 is 1.59 bits per heavy atom. The number of carbonyl (C=O) groups excluding carboxylic acids is 1. The molecule has 1 amide bonds. The third-order valence-corrected chi connectivity index (χ3v) is 4.96. The van der Waals surface area contributed by atoms with E-state index < -0.39 is 0 Å². The minimum atomic E-state index is -0.342. The zero-order valence-electron chi connectivity index (χ0n) is 17.3. The molecule has 3 aromatic carbocycles. The van der Waals surface area contributed by atoms with Crippen molar-refractivity contribution in [3.63, 3.8) is 0 Å². The molecule has 0 aliphatic rings. The smallest absolute Gasteiger partial charge is 0.279 e. The molecule has 0 aliphatic carbocycles. The number of hydrogen-bond acceptors (Lipinski definition) is 4. The van der Waals surface area contributed by atoms with Crippen LogP contribution in [0.15, 0.2) is 83.7 Å². The van der Waals surface area contributed by atoms with Crippen molar-refractivity contribution < 1.29 is 13.9 Å². The first kappa shape index (κ1) is 21.2. The normalized spacial score (nSPS) is 10.8. The van der Waals surface area contributed by atoms with Gasteiger partial charge in [0, 0.05) is 11.9 Å². The van der Waals surface area contributed by atoms with E-state index in [0.717, 1.165) is 6.42 Å². The van der Waals surface area contributed by atoms with E-state index in [-0.39, 0.29) is 23.0 Å². The van der Waals surface area contributed by atoms with Crippen molar-refractivity contribution in [2.24, 2.45) is 0 Å². The number of aromatic nitrogens is 2. The summed E-state index contributed by atoms with van der Waals surface area (Å²) in [7, 11) is 0. The number of carbonyl (C=O) groups is 1. The molecule has 162 valence electrons. The lowest BCUT2D eigenvalue weighted by molar-refractivity contribution is 0.0947. The van der Waals surface area contributed by atoms with Crippen molar-refractivity contribution in [3.8, 4) is 11.4 Å². The van der Waals surface area contributed by atoms with Gasteiger partial charge in [0.1, 0.15) is 11.6 Å². The molecule has 0 fully saturated rings. The Morgan fingerprint density at radius 3 is 2.34 bits per heavy atom. The molecule has 0 saturated carbocycles. The van der Waals surface area contributed by atoms with Crippen molar-refractivity contribution >= 4 is 16.7 Å². The number of nitrogens with one attached hydrogen (secondary N) is 1. The Bertz CT molecular complexity index is 1270. The van der Waals surface area contributed by atoms with E-state index in [1.54, 1.807) is 48.5 Å². The summed E-state index contributed by atoms with van der Waals surface area (Å²) in [5.41, 5.74) is 0.517. The number of amides is 1. The molecule has 1 aromatic heterocycles. The number of fused-ring (bicyclic) bond motifs is 1. The predicted molar refractivity (Wildman–Crippen MR) is 121 cm³/mol. The highest BCUT2D eigenvalue weighted by atomic mass is 19.1. The standard InChI is InChI=1S/C25H22FN3O3/c26-18-12-14-20(15-13-18)32-17-7-6-16-27-24(30)23-21-10-4-5-11-22(21)25(31)29(28-23)19-8-2-1-3-9-19/h1-5,8-15H,6-7,16-17H2,(H,27,30). The van der Waals surface area contributed by atoms with Crippen LogP contribution in [-0.2, 0) is 0 Å². The monoisotopic (exact) mass is 431 g/mol. The number of halogens is 1. The molecule has 7 heteroatoms. The molecule has 0 atom stereocenters. The second-order valence-corrected chi connectivity index (χ2v) is 7.21. The first-order valence-corrected chi connectivity index (χ1v) is 10.4. The largest absolute Gasteiger partial charge is 0.494 e. The predicted octanol–water partition coefficient (Wildman–Crippen LogP) is 4.11. The van der Waals surface area contributed by atoms with Gasteiger partial charge in [0.25, 0.3) is 11.5 Å². The van der Waals surface area contributed by atoms with Gasteiger partial charge in [-0.2, -0.15) is 9.78 Å². The van der Waals surface area contributed by atoms with Crippen molar-refractivity contribution in [1.29, 1.82) is 0 Å². The van der Waals surface area contributed by atoms with Gasteiger partial charge in [0.15, 0.2) is 5.69 Å². The van der Waals surface area contributed by atoms with Gasteiger partial charge in [0.2, 0.25) is 0 Å². The van der Waals surface area contributed by atoms with Crippen LogP contribution in [0.5, 0.6) is 5.75 Å². The summed E-state index contributed by atoms with van der Waals surface area (Å²) in [5, 5.41) is 8.19. The van der Waals surface area contributed by atoms with Crippen LogP contribution in [-0.4, -0.2) is 28.8 Å². The number of para-hydroxylation sites is 1. The summed E-state index contributed by atoms with van der Waals surface area (Å²) in [6.07, 6.45) is 1.42. The van der Waals surface area contributed by atoms with Crippen LogP contribution < -0.4 is 15.6 Å². The Hall–Kier alpha value is -4.00. The van der Waals surface area contributed by atoms with Crippen LogP contribution in [0.1, 0.15) is 23.3 Å². The van der Waals surface area contributed by atoms with Crippen molar-refractivity contribution in [2.75, 3.05) is 13.2 Å². The van der Waals surface area contributed by atoms with E-state index >= 15 is 0 Å². The van der Waals surface area contributed by atoms with E-state index in [9.17, 15) is 14.0 Å². The molecule has 1 heterocycles. The lowest BCUT2D eigenvalue weighted by atomic mass is 10.1. The van der Waals surface area contributed by atoms with E-state index in [2.05, 4.69) is 10.4 Å². The van der Waals surface area contributed by atoms with Crippen LogP contribution in [0, 0.1) is 5.82 Å². The quantitative estimate of drug-likeness (QED) is 0.426. The lowest BCUT2D eigenvalue weighted by Gasteiger charge is -2.11. The highest BCUT2D eigenvalue weighted by Gasteiger charge is 2.17. The Kier molecular flexibility index (Phi) is 6.55. The molecule has 0 unspecified atom stereocenters. The molecule has 0 aliphatic heterocycles. The number of nitrogens with zero attached hydrogens (tertiary/aromatic N) is 2. The molecule has 0 radical (unpaired) electrons.